The van der Waals surface area contributed by atoms with E-state index in [2.05, 4.69) is 10.1 Å². The van der Waals surface area contributed by atoms with Crippen LogP contribution in [0.5, 0.6) is 17.2 Å². The zero-order valence-electron chi connectivity index (χ0n) is 23.5. The van der Waals surface area contributed by atoms with Gasteiger partial charge >= 0.3 is 11.9 Å². The van der Waals surface area contributed by atoms with Gasteiger partial charge in [0.15, 0.2) is 17.8 Å². The van der Waals surface area contributed by atoms with Crippen molar-refractivity contribution in [2.45, 2.75) is 43.9 Å². The predicted molar refractivity (Wildman–Crippen MR) is 145 cm³/mol. The number of carbonyl (C=O) groups is 3. The Morgan fingerprint density at radius 1 is 1.02 bits per heavy atom. The smallest absolute Gasteiger partial charge is 0.330 e. The number of methoxy groups -OCH3 is 3. The second kappa shape index (κ2) is 14.1. The molecule has 0 aliphatic carbocycles. The molecule has 0 saturated carbocycles. The zero-order valence-corrected chi connectivity index (χ0v) is 23.5. The molecule has 226 valence electrons. The Labute approximate surface area is 242 Å². The highest BCUT2D eigenvalue weighted by molar-refractivity contribution is 5.87. The van der Waals surface area contributed by atoms with Crippen molar-refractivity contribution in [2.75, 3.05) is 34.5 Å². The first-order valence-corrected chi connectivity index (χ1v) is 13.0. The Morgan fingerprint density at radius 3 is 2.43 bits per heavy atom. The summed E-state index contributed by atoms with van der Waals surface area (Å²) >= 11 is 0. The first-order valence-electron chi connectivity index (χ1n) is 13.0. The van der Waals surface area contributed by atoms with E-state index in [1.807, 2.05) is 0 Å². The zero-order chi connectivity index (χ0) is 30.2. The lowest BCUT2D eigenvalue weighted by Crippen LogP contribution is -2.68. The maximum atomic E-state index is 12.3. The average molecular weight is 588 g/mol. The Bertz CT molecular complexity index is 1280. The fourth-order valence-electron chi connectivity index (χ4n) is 4.60. The number of amides is 1. The van der Waals surface area contributed by atoms with Gasteiger partial charge in [-0.2, -0.15) is 0 Å². The van der Waals surface area contributed by atoms with Crippen LogP contribution in [0.1, 0.15) is 24.3 Å². The molecule has 2 aliphatic rings. The van der Waals surface area contributed by atoms with Gasteiger partial charge in [0.1, 0.15) is 36.7 Å². The number of fused-ring (bicyclic) bond motifs is 1. The van der Waals surface area contributed by atoms with Crippen LogP contribution in [0.2, 0.25) is 0 Å². The van der Waals surface area contributed by atoms with Gasteiger partial charge in [-0.3, -0.25) is 4.79 Å². The second-order valence-electron chi connectivity index (χ2n) is 9.36. The highest BCUT2D eigenvalue weighted by atomic mass is 16.8. The van der Waals surface area contributed by atoms with E-state index in [0.717, 1.165) is 0 Å². The first kappa shape index (κ1) is 30.8. The summed E-state index contributed by atoms with van der Waals surface area (Å²) in [5, 5.41) is 12.1. The first-order chi connectivity index (χ1) is 20.2. The molecule has 42 heavy (non-hydrogen) atoms. The number of esters is 1. The van der Waals surface area contributed by atoms with Gasteiger partial charge in [-0.25, -0.2) is 9.59 Å². The van der Waals surface area contributed by atoms with Gasteiger partial charge in [-0.1, -0.05) is 18.2 Å². The van der Waals surface area contributed by atoms with Crippen molar-refractivity contribution in [3.63, 3.8) is 0 Å². The number of ether oxygens (including phenoxy) is 8. The molecule has 2 fully saturated rings. The Kier molecular flexibility index (Phi) is 10.4. The minimum absolute atomic E-state index is 0.0648. The number of nitrogens with one attached hydrogen (secondary N) is 1. The molecule has 4 rings (SSSR count). The van der Waals surface area contributed by atoms with Crippen molar-refractivity contribution < 1.29 is 57.4 Å². The third-order valence-electron chi connectivity index (χ3n) is 6.54. The summed E-state index contributed by atoms with van der Waals surface area (Å²) in [7, 11) is 4.28. The monoisotopic (exact) mass is 587 g/mol. The summed E-state index contributed by atoms with van der Waals surface area (Å²) in [5.74, 6) is -0.909. The molecule has 1 amide bonds. The van der Waals surface area contributed by atoms with Gasteiger partial charge in [0.25, 0.3) is 0 Å². The summed E-state index contributed by atoms with van der Waals surface area (Å²) in [6, 6.07) is 11.0. The van der Waals surface area contributed by atoms with E-state index in [-0.39, 0.29) is 12.4 Å². The summed E-state index contributed by atoms with van der Waals surface area (Å²) in [6.45, 7) is 0.722. The quantitative estimate of drug-likeness (QED) is 0.292. The van der Waals surface area contributed by atoms with E-state index < -0.39 is 61.4 Å². The van der Waals surface area contributed by atoms with Crippen LogP contribution in [0, 0.1) is 0 Å². The third kappa shape index (κ3) is 7.56. The fraction of sp³-hybridized carbons (Fsp3) is 0.414. The lowest BCUT2D eigenvalue weighted by Gasteiger charge is -2.49. The lowest BCUT2D eigenvalue weighted by atomic mass is 9.95. The van der Waals surface area contributed by atoms with E-state index in [9.17, 15) is 19.5 Å². The fourth-order valence-corrected chi connectivity index (χ4v) is 4.60. The maximum absolute atomic E-state index is 12.3. The van der Waals surface area contributed by atoms with Crippen molar-refractivity contribution in [2.24, 2.45) is 0 Å². The van der Waals surface area contributed by atoms with Gasteiger partial charge < -0.3 is 48.3 Å². The minimum Gasteiger partial charge on any atom is -0.497 e. The molecule has 0 bridgehead atoms. The van der Waals surface area contributed by atoms with Crippen molar-refractivity contribution in [3.8, 4) is 17.2 Å². The van der Waals surface area contributed by atoms with Crippen LogP contribution >= 0.6 is 0 Å². The van der Waals surface area contributed by atoms with Crippen LogP contribution < -0.4 is 19.5 Å². The molecule has 2 N–H and O–H groups in total. The molecule has 13 heteroatoms. The summed E-state index contributed by atoms with van der Waals surface area (Å²) < 4.78 is 45.7. The number of rotatable bonds is 11. The number of hydrogen-bond acceptors (Lipinski definition) is 11. The molecule has 0 spiro atoms. The SMILES string of the molecule is COC(=O)C=Cc1ccc(OC2OC3COC(c4ccc(OC)cc4)OC3C(OCC(=O)O)C2NC(C)=O)c(OC)c1. The van der Waals surface area contributed by atoms with Gasteiger partial charge in [0.05, 0.1) is 27.9 Å². The van der Waals surface area contributed by atoms with Crippen molar-refractivity contribution >= 4 is 23.9 Å². The molecule has 2 aliphatic heterocycles. The molecule has 2 heterocycles. The van der Waals surface area contributed by atoms with Gasteiger partial charge in [-0.05, 0) is 35.9 Å². The minimum atomic E-state index is -1.20. The molecule has 2 saturated heterocycles. The van der Waals surface area contributed by atoms with E-state index >= 15 is 0 Å². The molecule has 6 atom stereocenters. The number of carbonyl (C=O) groups excluding carboxylic acids is 2. The highest BCUT2D eigenvalue weighted by Gasteiger charge is 2.52. The van der Waals surface area contributed by atoms with Crippen LogP contribution in [-0.4, -0.2) is 88.1 Å². The van der Waals surface area contributed by atoms with Gasteiger partial charge in [-0.15, -0.1) is 0 Å². The molecular weight excluding hydrogens is 554 g/mol. The Hall–Kier alpha value is -4.17. The third-order valence-corrected chi connectivity index (χ3v) is 6.54. The Morgan fingerprint density at radius 2 is 1.79 bits per heavy atom. The Balaban J connectivity index is 1.61. The lowest BCUT2D eigenvalue weighted by molar-refractivity contribution is -0.337. The van der Waals surface area contributed by atoms with Crippen molar-refractivity contribution in [1.29, 1.82) is 0 Å². The standard InChI is InChI=1S/C29H33NO12/c1-16(31)30-25-27(38-15-23(32)33)26-22(14-39-28(42-26)18-7-9-19(35-2)10-8-18)41-29(25)40-20-11-5-17(13-21(20)36-3)6-12-24(34)37-4/h5-13,22,25-29H,14-15H2,1-4H3,(H,30,31)(H,32,33). The largest absolute Gasteiger partial charge is 0.497 e. The normalized spacial score (nSPS) is 25.2. The summed E-state index contributed by atoms with van der Waals surface area (Å²) in [5.41, 5.74) is 1.33. The summed E-state index contributed by atoms with van der Waals surface area (Å²) in [6.07, 6.45) is -1.70. The molecular formula is C29H33NO12. The van der Waals surface area contributed by atoms with Crippen molar-refractivity contribution in [3.05, 3.63) is 59.7 Å². The molecule has 0 radical (unpaired) electrons. The molecule has 2 aromatic carbocycles. The van der Waals surface area contributed by atoms with E-state index in [4.69, 9.17) is 33.2 Å². The topological polar surface area (TPSA) is 157 Å². The molecule has 13 nitrogen and oxygen atoms in total. The highest BCUT2D eigenvalue weighted by Crippen LogP contribution is 2.38. The number of carboxylic acid groups (broad SMARTS) is 1. The number of benzene rings is 2. The predicted octanol–water partition coefficient (Wildman–Crippen LogP) is 2.08. The van der Waals surface area contributed by atoms with Crippen molar-refractivity contribution in [1.82, 2.24) is 5.32 Å². The van der Waals surface area contributed by atoms with Gasteiger partial charge in [0, 0.05) is 18.6 Å². The number of aliphatic carboxylic acids is 1. The number of hydrogen-bond donors (Lipinski definition) is 2. The van der Waals surface area contributed by atoms with Crippen LogP contribution in [0.25, 0.3) is 6.08 Å². The van der Waals surface area contributed by atoms with Gasteiger partial charge in [0.2, 0.25) is 12.2 Å². The number of carboxylic acids is 1. The maximum Gasteiger partial charge on any atom is 0.330 e. The van der Waals surface area contributed by atoms with E-state index in [1.54, 1.807) is 55.7 Å². The van der Waals surface area contributed by atoms with Crippen LogP contribution in [-0.2, 0) is 38.1 Å². The average Bonchev–Trinajstić information content (AvgIpc) is 2.99. The molecule has 0 aromatic heterocycles. The van der Waals surface area contributed by atoms with E-state index in [1.165, 1.54) is 27.2 Å². The van der Waals surface area contributed by atoms with Crippen LogP contribution in [0.15, 0.2) is 48.5 Å². The van der Waals surface area contributed by atoms with Crippen LogP contribution in [0.3, 0.4) is 0 Å². The van der Waals surface area contributed by atoms with E-state index in [0.29, 0.717) is 22.6 Å². The second-order valence-corrected chi connectivity index (χ2v) is 9.36. The van der Waals surface area contributed by atoms with Crippen LogP contribution in [0.4, 0.5) is 0 Å². The molecule has 6 unspecified atom stereocenters. The molecule has 2 aromatic rings. The summed E-state index contributed by atoms with van der Waals surface area (Å²) in [4.78, 5) is 35.2.